The summed E-state index contributed by atoms with van der Waals surface area (Å²) in [7, 11) is 1.58. The molecule has 2 N–H and O–H groups in total. The smallest absolute Gasteiger partial charge is 0.249 e. The molecule has 0 aliphatic carbocycles. The van der Waals surface area contributed by atoms with Gasteiger partial charge < -0.3 is 15.5 Å². The topological polar surface area (TPSA) is 66.6 Å². The first-order valence-corrected chi connectivity index (χ1v) is 7.42. The van der Waals surface area contributed by atoms with E-state index in [2.05, 4.69) is 0 Å². The fraction of sp³-hybridized carbons (Fsp3) is 0.500. The number of likely N-dealkylation sites (N-methyl/N-ethyl adjacent to an activating group) is 1. The van der Waals surface area contributed by atoms with Crippen molar-refractivity contribution in [2.45, 2.75) is 32.4 Å². The van der Waals surface area contributed by atoms with E-state index in [-0.39, 0.29) is 23.4 Å². The molecule has 5 nitrogen and oxygen atoms in total. The second-order valence-corrected chi connectivity index (χ2v) is 5.96. The van der Waals surface area contributed by atoms with E-state index in [4.69, 9.17) is 5.73 Å². The zero-order chi connectivity index (χ0) is 16.4. The van der Waals surface area contributed by atoms with Crippen LogP contribution in [-0.4, -0.2) is 42.4 Å². The predicted octanol–water partition coefficient (Wildman–Crippen LogP) is 1.37. The van der Waals surface area contributed by atoms with Gasteiger partial charge in [0.15, 0.2) is 0 Å². The molecule has 6 heteroatoms. The highest BCUT2D eigenvalue weighted by molar-refractivity contribution is 6.01. The molecule has 1 aliphatic heterocycles. The Hall–Kier alpha value is -1.95. The van der Waals surface area contributed by atoms with E-state index in [0.717, 1.165) is 0 Å². The van der Waals surface area contributed by atoms with Crippen molar-refractivity contribution >= 4 is 17.5 Å². The van der Waals surface area contributed by atoms with Gasteiger partial charge in [-0.1, -0.05) is 26.0 Å². The minimum atomic E-state index is -0.639. The van der Waals surface area contributed by atoms with Crippen molar-refractivity contribution in [3.63, 3.8) is 0 Å². The number of amides is 2. The molecule has 0 bridgehead atoms. The number of para-hydroxylation sites is 1. The molecule has 0 saturated carbocycles. The maximum Gasteiger partial charge on any atom is 0.249 e. The van der Waals surface area contributed by atoms with Crippen LogP contribution >= 0.6 is 0 Å². The van der Waals surface area contributed by atoms with E-state index in [0.29, 0.717) is 13.0 Å². The lowest BCUT2D eigenvalue weighted by Crippen LogP contribution is -2.51. The summed E-state index contributed by atoms with van der Waals surface area (Å²) in [5.74, 6) is -0.973. The Morgan fingerprint density at radius 1 is 1.41 bits per heavy atom. The number of nitrogens with zero attached hydrogens (tertiary/aromatic N) is 2. The Balaban J connectivity index is 2.15. The number of halogens is 1. The standard InChI is InChI=1S/C16H22FN3O2/c1-10(2)14(18)16(22)19(3)13-8-9-20(15(13)21)12-7-5-4-6-11(12)17/h4-7,10,13-14H,8-9,18H2,1-3H3/t13?,14-/m0/s1. The minimum absolute atomic E-state index is 0.00544. The Labute approximate surface area is 129 Å². The molecule has 0 aromatic heterocycles. The Morgan fingerprint density at radius 3 is 2.64 bits per heavy atom. The quantitative estimate of drug-likeness (QED) is 0.913. The number of carbonyl (C=O) groups excluding carboxylic acids is 2. The third-order valence-electron chi connectivity index (χ3n) is 4.14. The van der Waals surface area contributed by atoms with E-state index in [1.165, 1.54) is 15.9 Å². The maximum atomic E-state index is 13.8. The van der Waals surface area contributed by atoms with Gasteiger partial charge in [-0.15, -0.1) is 0 Å². The molecular formula is C16H22FN3O2. The molecule has 1 heterocycles. The highest BCUT2D eigenvalue weighted by Gasteiger charge is 2.39. The second-order valence-electron chi connectivity index (χ2n) is 5.96. The predicted molar refractivity (Wildman–Crippen MR) is 82.7 cm³/mol. The average molecular weight is 307 g/mol. The van der Waals surface area contributed by atoms with Gasteiger partial charge in [-0.05, 0) is 24.5 Å². The van der Waals surface area contributed by atoms with E-state index in [1.54, 1.807) is 25.2 Å². The number of rotatable bonds is 4. The lowest BCUT2D eigenvalue weighted by atomic mass is 10.0. The van der Waals surface area contributed by atoms with Gasteiger partial charge >= 0.3 is 0 Å². The molecule has 0 radical (unpaired) electrons. The molecule has 2 atom stereocenters. The average Bonchev–Trinajstić information content (AvgIpc) is 2.87. The fourth-order valence-corrected chi connectivity index (χ4v) is 2.61. The van der Waals surface area contributed by atoms with Crippen molar-refractivity contribution in [1.29, 1.82) is 0 Å². The molecule has 1 unspecified atom stereocenters. The molecule has 2 amide bonds. The number of hydrogen-bond donors (Lipinski definition) is 1. The van der Waals surface area contributed by atoms with Crippen molar-refractivity contribution in [1.82, 2.24) is 4.90 Å². The highest BCUT2D eigenvalue weighted by atomic mass is 19.1. The molecule has 1 fully saturated rings. The van der Waals surface area contributed by atoms with Crippen LogP contribution in [0.3, 0.4) is 0 Å². The number of benzene rings is 1. The van der Waals surface area contributed by atoms with Crippen molar-refractivity contribution in [3.05, 3.63) is 30.1 Å². The Bertz CT molecular complexity index is 576. The zero-order valence-corrected chi connectivity index (χ0v) is 13.1. The molecule has 1 aliphatic rings. The monoisotopic (exact) mass is 307 g/mol. The molecule has 1 saturated heterocycles. The number of anilines is 1. The third-order valence-corrected chi connectivity index (χ3v) is 4.14. The molecule has 2 rings (SSSR count). The van der Waals surface area contributed by atoms with Gasteiger partial charge in [0.25, 0.3) is 0 Å². The number of hydrogen-bond acceptors (Lipinski definition) is 3. The summed E-state index contributed by atoms with van der Waals surface area (Å²) in [6.45, 7) is 4.11. The largest absolute Gasteiger partial charge is 0.332 e. The van der Waals surface area contributed by atoms with E-state index in [1.807, 2.05) is 13.8 Å². The van der Waals surface area contributed by atoms with Crippen molar-refractivity contribution in [2.75, 3.05) is 18.5 Å². The van der Waals surface area contributed by atoms with Gasteiger partial charge in [-0.25, -0.2) is 4.39 Å². The summed E-state index contributed by atoms with van der Waals surface area (Å²) < 4.78 is 13.8. The molecule has 0 spiro atoms. The minimum Gasteiger partial charge on any atom is -0.332 e. The van der Waals surface area contributed by atoms with Crippen molar-refractivity contribution in [3.8, 4) is 0 Å². The number of carbonyl (C=O) groups is 2. The van der Waals surface area contributed by atoms with Crippen LogP contribution in [0.2, 0.25) is 0 Å². The van der Waals surface area contributed by atoms with E-state index < -0.39 is 17.9 Å². The highest BCUT2D eigenvalue weighted by Crippen LogP contribution is 2.26. The van der Waals surface area contributed by atoms with E-state index in [9.17, 15) is 14.0 Å². The van der Waals surface area contributed by atoms with Crippen molar-refractivity contribution in [2.24, 2.45) is 11.7 Å². The van der Waals surface area contributed by atoms with Crippen LogP contribution in [0.25, 0.3) is 0 Å². The first kappa shape index (κ1) is 16.4. The molecular weight excluding hydrogens is 285 g/mol. The lowest BCUT2D eigenvalue weighted by Gasteiger charge is -2.28. The fourth-order valence-electron chi connectivity index (χ4n) is 2.61. The van der Waals surface area contributed by atoms with E-state index >= 15 is 0 Å². The summed E-state index contributed by atoms with van der Waals surface area (Å²) in [4.78, 5) is 27.6. The second kappa shape index (κ2) is 6.44. The Kier molecular flexibility index (Phi) is 4.81. The normalized spacial score (nSPS) is 19.6. The van der Waals surface area contributed by atoms with Crippen LogP contribution in [0.5, 0.6) is 0 Å². The third kappa shape index (κ3) is 2.97. The number of nitrogens with two attached hydrogens (primary N) is 1. The summed E-state index contributed by atoms with van der Waals surface area (Å²) in [5, 5.41) is 0. The first-order valence-electron chi connectivity index (χ1n) is 7.42. The maximum absolute atomic E-state index is 13.8. The summed E-state index contributed by atoms with van der Waals surface area (Å²) in [5.41, 5.74) is 6.12. The van der Waals surface area contributed by atoms with Gasteiger partial charge in [0, 0.05) is 13.6 Å². The van der Waals surface area contributed by atoms with Crippen LogP contribution in [0.4, 0.5) is 10.1 Å². The summed E-state index contributed by atoms with van der Waals surface area (Å²) in [6.07, 6.45) is 0.472. The van der Waals surface area contributed by atoms with Gasteiger partial charge in [0.2, 0.25) is 11.8 Å². The van der Waals surface area contributed by atoms with Crippen LogP contribution in [0.1, 0.15) is 20.3 Å². The van der Waals surface area contributed by atoms with Crippen LogP contribution in [0, 0.1) is 11.7 Å². The van der Waals surface area contributed by atoms with Crippen LogP contribution < -0.4 is 10.6 Å². The van der Waals surface area contributed by atoms with Crippen molar-refractivity contribution < 1.29 is 14.0 Å². The van der Waals surface area contributed by atoms with Gasteiger partial charge in [0.1, 0.15) is 11.9 Å². The zero-order valence-electron chi connectivity index (χ0n) is 13.1. The first-order chi connectivity index (χ1) is 10.3. The van der Waals surface area contributed by atoms with Gasteiger partial charge in [-0.3, -0.25) is 9.59 Å². The summed E-state index contributed by atoms with van der Waals surface area (Å²) >= 11 is 0. The van der Waals surface area contributed by atoms with Gasteiger partial charge in [-0.2, -0.15) is 0 Å². The van der Waals surface area contributed by atoms with Crippen LogP contribution in [0.15, 0.2) is 24.3 Å². The lowest BCUT2D eigenvalue weighted by molar-refractivity contribution is -0.138. The Morgan fingerprint density at radius 2 is 2.05 bits per heavy atom. The van der Waals surface area contributed by atoms with Gasteiger partial charge in [0.05, 0.1) is 11.7 Å². The molecule has 22 heavy (non-hydrogen) atoms. The molecule has 120 valence electrons. The molecule has 1 aromatic carbocycles. The van der Waals surface area contributed by atoms with Crippen LogP contribution in [-0.2, 0) is 9.59 Å². The summed E-state index contributed by atoms with van der Waals surface area (Å²) in [6, 6.07) is 4.92. The SMILES string of the molecule is CC(C)[C@H](N)C(=O)N(C)C1CCN(c2ccccc2F)C1=O. The molecule has 1 aromatic rings.